The third-order valence-electron chi connectivity index (χ3n) is 5.73. The molecule has 9 heteroatoms. The summed E-state index contributed by atoms with van der Waals surface area (Å²) in [5.74, 6) is 0.208. The highest BCUT2D eigenvalue weighted by atomic mass is 32.2. The van der Waals surface area contributed by atoms with E-state index >= 15 is 0 Å². The number of hydrogen-bond acceptors (Lipinski definition) is 6. The second kappa shape index (κ2) is 11.0. The molecule has 1 aliphatic rings. The Morgan fingerprint density at radius 2 is 1.70 bits per heavy atom. The number of carbonyl (C=O) groups is 1. The summed E-state index contributed by atoms with van der Waals surface area (Å²) in [6.45, 7) is 4.31. The minimum absolute atomic E-state index is 0.0610. The Labute approximate surface area is 196 Å². The molecule has 1 aliphatic heterocycles. The van der Waals surface area contributed by atoms with Crippen molar-refractivity contribution in [2.45, 2.75) is 24.8 Å². The predicted molar refractivity (Wildman–Crippen MR) is 128 cm³/mol. The topological polar surface area (TPSA) is 79.4 Å². The summed E-state index contributed by atoms with van der Waals surface area (Å²) in [4.78, 5) is 16.9. The molecule has 0 bridgehead atoms. The zero-order valence-electron chi connectivity index (χ0n) is 19.8. The van der Waals surface area contributed by atoms with Crippen molar-refractivity contribution < 1.29 is 22.7 Å². The van der Waals surface area contributed by atoms with Crippen molar-refractivity contribution in [3.8, 4) is 5.75 Å². The molecule has 1 saturated heterocycles. The van der Waals surface area contributed by atoms with Gasteiger partial charge in [-0.25, -0.2) is 8.42 Å². The minimum atomic E-state index is -3.75. The van der Waals surface area contributed by atoms with Crippen LogP contribution in [-0.2, 0) is 32.5 Å². The summed E-state index contributed by atoms with van der Waals surface area (Å²) < 4.78 is 38.4. The number of hydrogen-bond donors (Lipinski definition) is 0. The normalized spacial score (nSPS) is 14.7. The Bertz CT molecular complexity index is 1050. The molecule has 180 valence electrons. The summed E-state index contributed by atoms with van der Waals surface area (Å²) >= 11 is 0. The summed E-state index contributed by atoms with van der Waals surface area (Å²) in [6.07, 6.45) is 0.110. The zero-order valence-corrected chi connectivity index (χ0v) is 20.6. The van der Waals surface area contributed by atoms with Gasteiger partial charge in [0.1, 0.15) is 10.6 Å². The third-order valence-corrected chi connectivity index (χ3v) is 7.65. The van der Waals surface area contributed by atoms with Crippen LogP contribution in [0.5, 0.6) is 5.75 Å². The largest absolute Gasteiger partial charge is 0.495 e. The van der Waals surface area contributed by atoms with Crippen LogP contribution < -0.4 is 9.64 Å². The smallest absolute Gasteiger partial charge is 0.246 e. The molecule has 0 radical (unpaired) electrons. The molecule has 0 aromatic heterocycles. The highest BCUT2D eigenvalue weighted by molar-refractivity contribution is 7.89. The fraction of sp³-hybridized carbons (Fsp3) is 0.458. The van der Waals surface area contributed by atoms with E-state index in [4.69, 9.17) is 9.47 Å². The van der Waals surface area contributed by atoms with Gasteiger partial charge in [0, 0.05) is 46.0 Å². The second-order valence-corrected chi connectivity index (χ2v) is 10.1. The molecule has 0 aliphatic carbocycles. The van der Waals surface area contributed by atoms with E-state index in [1.165, 1.54) is 11.4 Å². The molecular formula is C24H33N3O5S. The first-order valence-electron chi connectivity index (χ1n) is 11.0. The molecule has 2 aromatic carbocycles. The van der Waals surface area contributed by atoms with E-state index in [1.54, 1.807) is 23.1 Å². The number of rotatable bonds is 9. The number of likely N-dealkylation sites (N-methyl/N-ethyl adjacent to an activating group) is 1. The highest BCUT2D eigenvalue weighted by Crippen LogP contribution is 2.29. The number of sulfonamides is 1. The van der Waals surface area contributed by atoms with Crippen LogP contribution in [0.15, 0.2) is 47.4 Å². The van der Waals surface area contributed by atoms with Crippen LogP contribution in [0.25, 0.3) is 0 Å². The summed E-state index contributed by atoms with van der Waals surface area (Å²) in [5.41, 5.74) is 2.77. The predicted octanol–water partition coefficient (Wildman–Crippen LogP) is 2.37. The Hall–Kier alpha value is -2.62. The molecule has 8 nitrogen and oxygen atoms in total. The second-order valence-electron chi connectivity index (χ2n) is 8.15. The van der Waals surface area contributed by atoms with Gasteiger partial charge in [0.15, 0.2) is 0 Å². The molecule has 0 spiro atoms. The van der Waals surface area contributed by atoms with Gasteiger partial charge in [-0.05, 0) is 42.3 Å². The van der Waals surface area contributed by atoms with Gasteiger partial charge >= 0.3 is 0 Å². The first-order chi connectivity index (χ1) is 15.8. The Morgan fingerprint density at radius 1 is 1.06 bits per heavy atom. The van der Waals surface area contributed by atoms with Crippen LogP contribution in [0.1, 0.15) is 18.1 Å². The van der Waals surface area contributed by atoms with Gasteiger partial charge in [-0.1, -0.05) is 18.2 Å². The molecule has 0 atom stereocenters. The van der Waals surface area contributed by atoms with E-state index in [9.17, 15) is 13.2 Å². The lowest BCUT2D eigenvalue weighted by Gasteiger charge is -2.27. The van der Waals surface area contributed by atoms with Crippen molar-refractivity contribution in [2.24, 2.45) is 0 Å². The fourth-order valence-electron chi connectivity index (χ4n) is 3.74. The van der Waals surface area contributed by atoms with Crippen molar-refractivity contribution in [1.29, 1.82) is 0 Å². The van der Waals surface area contributed by atoms with Crippen LogP contribution in [0, 0.1) is 0 Å². The van der Waals surface area contributed by atoms with E-state index in [-0.39, 0.29) is 23.0 Å². The summed E-state index contributed by atoms with van der Waals surface area (Å²) in [5, 5.41) is 0. The lowest BCUT2D eigenvalue weighted by molar-refractivity contribution is -0.130. The molecular weight excluding hydrogens is 442 g/mol. The van der Waals surface area contributed by atoms with Crippen LogP contribution in [-0.4, -0.2) is 77.6 Å². The Morgan fingerprint density at radius 3 is 2.27 bits per heavy atom. The van der Waals surface area contributed by atoms with Gasteiger partial charge < -0.3 is 19.3 Å². The number of benzene rings is 2. The van der Waals surface area contributed by atoms with Gasteiger partial charge in [-0.2, -0.15) is 4.31 Å². The monoisotopic (exact) mass is 475 g/mol. The number of carbonyl (C=O) groups excluding carboxylic acids is 1. The highest BCUT2D eigenvalue weighted by Gasteiger charge is 2.29. The summed E-state index contributed by atoms with van der Waals surface area (Å²) in [6, 6.07) is 13.0. The molecule has 33 heavy (non-hydrogen) atoms. The van der Waals surface area contributed by atoms with Gasteiger partial charge in [-0.3, -0.25) is 4.79 Å². The van der Waals surface area contributed by atoms with Gasteiger partial charge in [0.25, 0.3) is 0 Å². The van der Waals surface area contributed by atoms with Crippen LogP contribution >= 0.6 is 0 Å². The van der Waals surface area contributed by atoms with Crippen molar-refractivity contribution in [2.75, 3.05) is 59.0 Å². The van der Waals surface area contributed by atoms with Crippen molar-refractivity contribution in [1.82, 2.24) is 9.21 Å². The van der Waals surface area contributed by atoms with E-state index in [0.717, 1.165) is 11.3 Å². The molecule has 2 aromatic rings. The van der Waals surface area contributed by atoms with Gasteiger partial charge in [-0.15, -0.1) is 0 Å². The van der Waals surface area contributed by atoms with Crippen LogP contribution in [0.4, 0.5) is 5.69 Å². The molecule has 0 saturated carbocycles. The quantitative estimate of drug-likeness (QED) is 0.554. The van der Waals surface area contributed by atoms with Crippen molar-refractivity contribution >= 4 is 21.6 Å². The maximum Gasteiger partial charge on any atom is 0.246 e. The number of methoxy groups -OCH3 is 1. The van der Waals surface area contributed by atoms with Crippen LogP contribution in [0.3, 0.4) is 0 Å². The van der Waals surface area contributed by atoms with E-state index in [2.05, 4.69) is 0 Å². The lowest BCUT2D eigenvalue weighted by Crippen LogP contribution is -2.40. The molecule has 1 heterocycles. The maximum absolute atomic E-state index is 13.2. The molecule has 0 N–H and O–H groups in total. The lowest BCUT2D eigenvalue weighted by atomic mass is 10.1. The average molecular weight is 476 g/mol. The first-order valence-corrected chi connectivity index (χ1v) is 12.5. The zero-order chi connectivity index (χ0) is 24.0. The van der Waals surface area contributed by atoms with E-state index in [0.29, 0.717) is 45.0 Å². The maximum atomic E-state index is 13.2. The average Bonchev–Trinajstić information content (AvgIpc) is 2.83. The minimum Gasteiger partial charge on any atom is -0.495 e. The van der Waals surface area contributed by atoms with Crippen LogP contribution in [0.2, 0.25) is 0 Å². The number of amides is 1. The summed E-state index contributed by atoms with van der Waals surface area (Å²) in [7, 11) is 1.66. The first kappa shape index (κ1) is 25.0. The van der Waals surface area contributed by atoms with Crippen molar-refractivity contribution in [3.63, 3.8) is 0 Å². The molecule has 1 fully saturated rings. The number of morpholine rings is 1. The van der Waals surface area contributed by atoms with E-state index in [1.807, 2.05) is 50.2 Å². The Kier molecular flexibility index (Phi) is 8.34. The van der Waals surface area contributed by atoms with E-state index < -0.39 is 10.0 Å². The molecule has 1 amide bonds. The van der Waals surface area contributed by atoms with Gasteiger partial charge in [0.2, 0.25) is 15.9 Å². The number of anilines is 1. The number of ether oxygens (including phenoxy) is 2. The Balaban J connectivity index is 1.77. The SMILES string of the molecule is CCN(Cc1ccc(N(C)C)cc1)C(=O)Cc1ccc(OC)c(S(=O)(=O)N2CCOCC2)c1. The fourth-order valence-corrected chi connectivity index (χ4v) is 5.36. The van der Waals surface area contributed by atoms with Gasteiger partial charge in [0.05, 0.1) is 26.7 Å². The molecule has 0 unspecified atom stereocenters. The molecule has 3 rings (SSSR count). The third kappa shape index (κ3) is 6.04. The number of nitrogens with zero attached hydrogens (tertiary/aromatic N) is 3. The van der Waals surface area contributed by atoms with Crippen molar-refractivity contribution in [3.05, 3.63) is 53.6 Å². The standard InChI is InChI=1S/C24H33N3O5S/c1-5-26(18-19-6-9-21(10-7-19)25(2)3)24(28)17-20-8-11-22(31-4)23(16-20)33(29,30)27-12-14-32-15-13-27/h6-11,16H,5,12-15,17-18H2,1-4H3.